The van der Waals surface area contributed by atoms with Crippen LogP contribution in [0.4, 0.5) is 0 Å². The van der Waals surface area contributed by atoms with Gasteiger partial charge in [-0.1, -0.05) is 0 Å². The van der Waals surface area contributed by atoms with Gasteiger partial charge in [0.25, 0.3) is 0 Å². The molecule has 0 aliphatic carbocycles. The van der Waals surface area contributed by atoms with Crippen LogP contribution in [0.25, 0.3) is 0 Å². The van der Waals surface area contributed by atoms with Gasteiger partial charge >= 0.3 is 0 Å². The van der Waals surface area contributed by atoms with Crippen molar-refractivity contribution in [2.75, 3.05) is 33.2 Å². The third-order valence-corrected chi connectivity index (χ3v) is 4.01. The molecular formula is C12H24N2O. The van der Waals surface area contributed by atoms with Gasteiger partial charge in [0, 0.05) is 19.1 Å². The van der Waals surface area contributed by atoms with Gasteiger partial charge in [0.15, 0.2) is 0 Å². The highest BCUT2D eigenvalue weighted by molar-refractivity contribution is 4.79. The van der Waals surface area contributed by atoms with E-state index in [0.29, 0.717) is 0 Å². The molecule has 0 aromatic rings. The molecule has 1 unspecified atom stereocenters. The lowest BCUT2D eigenvalue weighted by molar-refractivity contribution is 0.0787. The fourth-order valence-corrected chi connectivity index (χ4v) is 2.82. The van der Waals surface area contributed by atoms with Crippen molar-refractivity contribution in [3.63, 3.8) is 0 Å². The minimum absolute atomic E-state index is 0.0320. The van der Waals surface area contributed by atoms with Gasteiger partial charge < -0.3 is 14.9 Å². The van der Waals surface area contributed by atoms with Gasteiger partial charge in [0.1, 0.15) is 0 Å². The number of hydrogen-bond acceptors (Lipinski definition) is 3. The zero-order valence-corrected chi connectivity index (χ0v) is 9.86. The second-order valence-electron chi connectivity index (χ2n) is 5.14. The average molecular weight is 212 g/mol. The van der Waals surface area contributed by atoms with Crippen molar-refractivity contribution in [1.29, 1.82) is 0 Å². The van der Waals surface area contributed by atoms with E-state index in [0.717, 1.165) is 32.0 Å². The van der Waals surface area contributed by atoms with E-state index >= 15 is 0 Å². The summed E-state index contributed by atoms with van der Waals surface area (Å²) < 4.78 is 0. The van der Waals surface area contributed by atoms with Crippen LogP contribution < -0.4 is 0 Å². The zero-order chi connectivity index (χ0) is 10.7. The molecule has 0 bridgehead atoms. The summed E-state index contributed by atoms with van der Waals surface area (Å²) in [6.45, 7) is 4.69. The Morgan fingerprint density at radius 2 is 1.87 bits per heavy atom. The molecule has 88 valence electrons. The van der Waals surface area contributed by atoms with E-state index in [2.05, 4.69) is 16.8 Å². The summed E-state index contributed by atoms with van der Waals surface area (Å²) >= 11 is 0. The van der Waals surface area contributed by atoms with Crippen molar-refractivity contribution in [3.05, 3.63) is 0 Å². The van der Waals surface area contributed by atoms with Gasteiger partial charge in [0.05, 0.1) is 6.10 Å². The van der Waals surface area contributed by atoms with Crippen molar-refractivity contribution in [2.24, 2.45) is 0 Å². The highest BCUT2D eigenvalue weighted by atomic mass is 16.3. The summed E-state index contributed by atoms with van der Waals surface area (Å²) in [5.74, 6) is 0. The smallest absolute Gasteiger partial charge is 0.0564 e. The fraction of sp³-hybridized carbons (Fsp3) is 1.00. The van der Waals surface area contributed by atoms with Gasteiger partial charge in [0.2, 0.25) is 0 Å². The summed E-state index contributed by atoms with van der Waals surface area (Å²) in [5.41, 5.74) is 0. The summed E-state index contributed by atoms with van der Waals surface area (Å²) in [7, 11) is 2.25. The molecular weight excluding hydrogens is 188 g/mol. The largest absolute Gasteiger partial charge is 0.393 e. The Bertz CT molecular complexity index is 190. The van der Waals surface area contributed by atoms with Gasteiger partial charge in [-0.25, -0.2) is 0 Å². The van der Waals surface area contributed by atoms with E-state index in [1.807, 2.05) is 0 Å². The van der Waals surface area contributed by atoms with Crippen LogP contribution in [0.1, 0.15) is 32.1 Å². The fourth-order valence-electron chi connectivity index (χ4n) is 2.82. The first kappa shape index (κ1) is 11.4. The molecule has 2 rings (SSSR count). The second kappa shape index (κ2) is 5.28. The first-order valence-electron chi connectivity index (χ1n) is 6.36. The average Bonchev–Trinajstić information content (AvgIpc) is 2.63. The van der Waals surface area contributed by atoms with Crippen LogP contribution in [0.5, 0.6) is 0 Å². The third kappa shape index (κ3) is 3.16. The molecule has 0 saturated carbocycles. The molecule has 0 spiro atoms. The molecule has 2 saturated heterocycles. The number of rotatable bonds is 3. The third-order valence-electron chi connectivity index (χ3n) is 4.01. The Kier molecular flexibility index (Phi) is 4.00. The van der Waals surface area contributed by atoms with Crippen molar-refractivity contribution in [1.82, 2.24) is 9.80 Å². The number of hydrogen-bond donors (Lipinski definition) is 1. The van der Waals surface area contributed by atoms with Crippen LogP contribution >= 0.6 is 0 Å². The second-order valence-corrected chi connectivity index (χ2v) is 5.14. The first-order chi connectivity index (χ1) is 7.25. The minimum atomic E-state index is -0.0320. The van der Waals surface area contributed by atoms with Crippen LogP contribution in [0.2, 0.25) is 0 Å². The molecule has 2 aliphatic heterocycles. The molecule has 1 atom stereocenters. The van der Waals surface area contributed by atoms with E-state index in [4.69, 9.17) is 0 Å². The summed E-state index contributed by atoms with van der Waals surface area (Å²) in [6, 6.07) is 0.817. The predicted molar refractivity (Wildman–Crippen MR) is 61.9 cm³/mol. The van der Waals surface area contributed by atoms with Crippen molar-refractivity contribution >= 4 is 0 Å². The molecule has 0 aromatic carbocycles. The number of nitrogens with zero attached hydrogens (tertiary/aromatic N) is 2. The van der Waals surface area contributed by atoms with E-state index in [1.165, 1.54) is 32.4 Å². The molecule has 15 heavy (non-hydrogen) atoms. The maximum Gasteiger partial charge on any atom is 0.0564 e. The van der Waals surface area contributed by atoms with Gasteiger partial charge in [-0.2, -0.15) is 0 Å². The molecule has 1 N–H and O–H groups in total. The highest BCUT2D eigenvalue weighted by Gasteiger charge is 2.22. The maximum atomic E-state index is 9.41. The van der Waals surface area contributed by atoms with Crippen molar-refractivity contribution in [2.45, 2.75) is 44.2 Å². The monoisotopic (exact) mass is 212 g/mol. The lowest BCUT2D eigenvalue weighted by Crippen LogP contribution is -2.38. The topological polar surface area (TPSA) is 26.7 Å². The summed E-state index contributed by atoms with van der Waals surface area (Å²) in [5, 5.41) is 9.41. The van der Waals surface area contributed by atoms with E-state index in [9.17, 15) is 5.11 Å². The van der Waals surface area contributed by atoms with Gasteiger partial charge in [-0.15, -0.1) is 0 Å². The molecule has 0 radical (unpaired) electrons. The number of likely N-dealkylation sites (tertiary alicyclic amines) is 2. The Balaban J connectivity index is 1.65. The van der Waals surface area contributed by atoms with Crippen LogP contribution in [-0.2, 0) is 0 Å². The maximum absolute atomic E-state index is 9.41. The van der Waals surface area contributed by atoms with Crippen LogP contribution in [0, 0.1) is 0 Å². The quantitative estimate of drug-likeness (QED) is 0.754. The Hall–Kier alpha value is -0.120. The summed E-state index contributed by atoms with van der Waals surface area (Å²) in [4.78, 5) is 5.01. The SMILES string of the molecule is CN1CCCC1CCN1CCC(O)CC1. The number of aliphatic hydroxyl groups is 1. The molecule has 3 heteroatoms. The van der Waals surface area contributed by atoms with Crippen LogP contribution in [0.15, 0.2) is 0 Å². The van der Waals surface area contributed by atoms with Crippen LogP contribution in [-0.4, -0.2) is 60.3 Å². The van der Waals surface area contributed by atoms with E-state index in [1.54, 1.807) is 0 Å². The van der Waals surface area contributed by atoms with Gasteiger partial charge in [-0.05, 0) is 52.2 Å². The van der Waals surface area contributed by atoms with E-state index < -0.39 is 0 Å². The van der Waals surface area contributed by atoms with E-state index in [-0.39, 0.29) is 6.10 Å². The zero-order valence-electron chi connectivity index (χ0n) is 9.86. The van der Waals surface area contributed by atoms with Gasteiger partial charge in [-0.3, -0.25) is 0 Å². The van der Waals surface area contributed by atoms with Crippen molar-refractivity contribution < 1.29 is 5.11 Å². The Morgan fingerprint density at radius 1 is 1.13 bits per heavy atom. The first-order valence-corrected chi connectivity index (χ1v) is 6.36. The molecule has 0 amide bonds. The minimum Gasteiger partial charge on any atom is -0.393 e. The van der Waals surface area contributed by atoms with Crippen LogP contribution in [0.3, 0.4) is 0 Å². The molecule has 2 fully saturated rings. The lowest BCUT2D eigenvalue weighted by atomic mass is 10.1. The normalized spacial score (nSPS) is 31.2. The van der Waals surface area contributed by atoms with Crippen molar-refractivity contribution in [3.8, 4) is 0 Å². The predicted octanol–water partition coefficient (Wildman–Crippen LogP) is 0.927. The lowest BCUT2D eigenvalue weighted by Gasteiger charge is -2.31. The summed E-state index contributed by atoms with van der Waals surface area (Å²) in [6.07, 6.45) is 5.98. The highest BCUT2D eigenvalue weighted by Crippen LogP contribution is 2.19. The Morgan fingerprint density at radius 3 is 2.47 bits per heavy atom. The molecule has 0 aromatic heterocycles. The molecule has 2 aliphatic rings. The molecule has 3 nitrogen and oxygen atoms in total. The Labute approximate surface area is 93.1 Å². The molecule has 2 heterocycles. The standard InChI is InChI=1S/C12H24N2O/c1-13-7-2-3-11(13)4-8-14-9-5-12(15)6-10-14/h11-12,15H,2-10H2,1H3. The number of piperidine rings is 1. The number of aliphatic hydroxyl groups excluding tert-OH is 1.